The summed E-state index contributed by atoms with van der Waals surface area (Å²) in [5.41, 5.74) is 0.238. The number of benzene rings is 2. The van der Waals surface area contributed by atoms with Crippen LogP contribution in [0.5, 0.6) is 5.75 Å². The third-order valence-electron chi connectivity index (χ3n) is 3.34. The fourth-order valence-electron chi connectivity index (χ4n) is 2.30. The van der Waals surface area contributed by atoms with Crippen molar-refractivity contribution in [1.29, 1.82) is 0 Å². The van der Waals surface area contributed by atoms with Crippen LogP contribution in [0, 0.1) is 0 Å². The SMILES string of the molecule is COc1c(CS(=O)c2ccccc2)c(=O)oc2ccccc12. The van der Waals surface area contributed by atoms with Crippen LogP contribution < -0.4 is 10.4 Å². The monoisotopic (exact) mass is 314 g/mol. The summed E-state index contributed by atoms with van der Waals surface area (Å²) < 4.78 is 23.1. The highest BCUT2D eigenvalue weighted by Gasteiger charge is 2.18. The predicted molar refractivity (Wildman–Crippen MR) is 85.6 cm³/mol. The molecule has 22 heavy (non-hydrogen) atoms. The van der Waals surface area contributed by atoms with Gasteiger partial charge in [-0.1, -0.05) is 30.3 Å². The van der Waals surface area contributed by atoms with Crippen molar-refractivity contribution in [1.82, 2.24) is 0 Å². The lowest BCUT2D eigenvalue weighted by molar-refractivity contribution is 0.408. The fraction of sp³-hybridized carbons (Fsp3) is 0.118. The predicted octanol–water partition coefficient (Wildman–Crippen LogP) is 3.11. The van der Waals surface area contributed by atoms with Gasteiger partial charge in [0.2, 0.25) is 0 Å². The molecule has 0 saturated heterocycles. The molecule has 0 fully saturated rings. The molecule has 2 aromatic carbocycles. The summed E-state index contributed by atoms with van der Waals surface area (Å²) in [5.74, 6) is 0.483. The standard InChI is InChI=1S/C17H14O4S/c1-20-16-13-9-5-6-10-15(13)21-17(18)14(16)11-22(19)12-7-3-2-4-8-12/h2-10H,11H2,1H3. The van der Waals surface area contributed by atoms with Crippen molar-refractivity contribution in [2.45, 2.75) is 10.6 Å². The smallest absolute Gasteiger partial charge is 0.344 e. The number of hydrogen-bond donors (Lipinski definition) is 0. The van der Waals surface area contributed by atoms with Gasteiger partial charge in [0.1, 0.15) is 11.3 Å². The van der Waals surface area contributed by atoms with E-state index in [0.29, 0.717) is 27.2 Å². The molecule has 0 aliphatic heterocycles. The van der Waals surface area contributed by atoms with E-state index >= 15 is 0 Å². The molecule has 3 aromatic rings. The van der Waals surface area contributed by atoms with Crippen LogP contribution in [0.3, 0.4) is 0 Å². The Hall–Kier alpha value is -2.40. The van der Waals surface area contributed by atoms with Crippen LogP contribution in [0.4, 0.5) is 0 Å². The van der Waals surface area contributed by atoms with Crippen molar-refractivity contribution in [3.8, 4) is 5.75 Å². The number of ether oxygens (including phenoxy) is 1. The molecular formula is C17H14O4S. The Morgan fingerprint density at radius 1 is 1.05 bits per heavy atom. The molecule has 1 atom stereocenters. The van der Waals surface area contributed by atoms with Crippen LogP contribution in [0.1, 0.15) is 5.56 Å². The lowest BCUT2D eigenvalue weighted by Gasteiger charge is -2.10. The van der Waals surface area contributed by atoms with Gasteiger partial charge in [-0.05, 0) is 24.3 Å². The van der Waals surface area contributed by atoms with Crippen molar-refractivity contribution >= 4 is 21.8 Å². The topological polar surface area (TPSA) is 56.5 Å². The summed E-state index contributed by atoms with van der Waals surface area (Å²) in [6, 6.07) is 16.2. The average Bonchev–Trinajstić information content (AvgIpc) is 2.56. The lowest BCUT2D eigenvalue weighted by atomic mass is 10.1. The van der Waals surface area contributed by atoms with Gasteiger partial charge < -0.3 is 9.15 Å². The second-order valence-corrected chi connectivity index (χ2v) is 6.15. The molecule has 0 N–H and O–H groups in total. The minimum Gasteiger partial charge on any atom is -0.495 e. The summed E-state index contributed by atoms with van der Waals surface area (Å²) in [7, 11) is 0.157. The highest BCUT2D eigenvalue weighted by Crippen LogP contribution is 2.28. The Morgan fingerprint density at radius 2 is 1.73 bits per heavy atom. The minimum atomic E-state index is -1.34. The summed E-state index contributed by atoms with van der Waals surface area (Å²) in [5, 5.41) is 0.699. The zero-order valence-electron chi connectivity index (χ0n) is 11.9. The molecule has 0 bridgehead atoms. The van der Waals surface area contributed by atoms with E-state index in [2.05, 4.69) is 0 Å². The summed E-state index contributed by atoms with van der Waals surface area (Å²) >= 11 is 0. The summed E-state index contributed by atoms with van der Waals surface area (Å²) in [6.07, 6.45) is 0. The van der Waals surface area contributed by atoms with E-state index in [9.17, 15) is 9.00 Å². The maximum Gasteiger partial charge on any atom is 0.344 e. The summed E-state index contributed by atoms with van der Waals surface area (Å²) in [6.45, 7) is 0. The molecule has 0 amide bonds. The number of hydrogen-bond acceptors (Lipinski definition) is 4. The Bertz CT molecular complexity index is 884. The van der Waals surface area contributed by atoms with Crippen molar-refractivity contribution in [3.05, 3.63) is 70.6 Å². The number of para-hydroxylation sites is 1. The second kappa shape index (κ2) is 6.15. The van der Waals surface area contributed by atoms with Crippen molar-refractivity contribution < 1.29 is 13.4 Å². The Morgan fingerprint density at radius 3 is 2.45 bits per heavy atom. The Balaban J connectivity index is 2.09. The van der Waals surface area contributed by atoms with Gasteiger partial charge in [-0.3, -0.25) is 4.21 Å². The van der Waals surface area contributed by atoms with Crippen LogP contribution in [-0.2, 0) is 16.6 Å². The molecule has 5 heteroatoms. The maximum atomic E-state index is 12.4. The van der Waals surface area contributed by atoms with Gasteiger partial charge in [0.05, 0.1) is 34.6 Å². The Kier molecular flexibility index (Phi) is 4.06. The molecular weight excluding hydrogens is 300 g/mol. The number of rotatable bonds is 4. The van der Waals surface area contributed by atoms with E-state index in [1.165, 1.54) is 7.11 Å². The third-order valence-corrected chi connectivity index (χ3v) is 4.69. The van der Waals surface area contributed by atoms with E-state index in [-0.39, 0.29) is 5.75 Å². The van der Waals surface area contributed by atoms with Gasteiger partial charge in [-0.15, -0.1) is 0 Å². The lowest BCUT2D eigenvalue weighted by Crippen LogP contribution is -2.12. The second-order valence-electron chi connectivity index (χ2n) is 4.70. The average molecular weight is 314 g/mol. The van der Waals surface area contributed by atoms with Gasteiger partial charge in [-0.2, -0.15) is 0 Å². The first kappa shape index (κ1) is 14.5. The first-order valence-electron chi connectivity index (χ1n) is 6.73. The van der Waals surface area contributed by atoms with Crippen molar-refractivity contribution in [2.75, 3.05) is 7.11 Å². The summed E-state index contributed by atoms with van der Waals surface area (Å²) in [4.78, 5) is 12.9. The highest BCUT2D eigenvalue weighted by atomic mass is 32.2. The minimum absolute atomic E-state index is 0.0559. The molecule has 0 saturated carbocycles. The van der Waals surface area contributed by atoms with E-state index in [4.69, 9.17) is 9.15 Å². The van der Waals surface area contributed by atoms with Gasteiger partial charge >= 0.3 is 5.63 Å². The largest absolute Gasteiger partial charge is 0.495 e. The number of methoxy groups -OCH3 is 1. The first-order valence-corrected chi connectivity index (χ1v) is 8.04. The van der Waals surface area contributed by atoms with E-state index in [1.807, 2.05) is 30.3 Å². The van der Waals surface area contributed by atoms with Crippen LogP contribution in [0.15, 0.2) is 68.7 Å². The quantitative estimate of drug-likeness (QED) is 0.694. The zero-order chi connectivity index (χ0) is 15.5. The molecule has 1 aromatic heterocycles. The number of fused-ring (bicyclic) bond motifs is 1. The van der Waals surface area contributed by atoms with E-state index < -0.39 is 16.4 Å². The van der Waals surface area contributed by atoms with Crippen molar-refractivity contribution in [2.24, 2.45) is 0 Å². The van der Waals surface area contributed by atoms with Gasteiger partial charge in [0, 0.05) is 4.90 Å². The normalized spacial score (nSPS) is 12.2. The Labute approximate surface area is 129 Å². The van der Waals surface area contributed by atoms with Gasteiger partial charge in [0.25, 0.3) is 0 Å². The molecule has 112 valence electrons. The van der Waals surface area contributed by atoms with Crippen LogP contribution in [-0.4, -0.2) is 11.3 Å². The van der Waals surface area contributed by atoms with Crippen LogP contribution in [0.2, 0.25) is 0 Å². The molecule has 1 unspecified atom stereocenters. The fourth-order valence-corrected chi connectivity index (χ4v) is 3.44. The molecule has 0 aliphatic rings. The van der Waals surface area contributed by atoms with Crippen LogP contribution >= 0.6 is 0 Å². The molecule has 0 aliphatic carbocycles. The molecule has 0 radical (unpaired) electrons. The van der Waals surface area contributed by atoms with E-state index in [1.54, 1.807) is 24.3 Å². The van der Waals surface area contributed by atoms with E-state index in [0.717, 1.165) is 0 Å². The molecule has 1 heterocycles. The van der Waals surface area contributed by atoms with Gasteiger partial charge in [0.15, 0.2) is 0 Å². The first-order chi connectivity index (χ1) is 10.7. The molecule has 0 spiro atoms. The van der Waals surface area contributed by atoms with Crippen molar-refractivity contribution in [3.63, 3.8) is 0 Å². The highest BCUT2D eigenvalue weighted by molar-refractivity contribution is 7.84. The van der Waals surface area contributed by atoms with Crippen LogP contribution in [0.25, 0.3) is 11.0 Å². The zero-order valence-corrected chi connectivity index (χ0v) is 12.8. The third kappa shape index (κ3) is 2.67. The van der Waals surface area contributed by atoms with Gasteiger partial charge in [-0.25, -0.2) is 4.79 Å². The molecule has 3 rings (SSSR count). The maximum absolute atomic E-state index is 12.4. The molecule has 4 nitrogen and oxygen atoms in total.